The summed E-state index contributed by atoms with van der Waals surface area (Å²) in [5.74, 6) is -0.764. The van der Waals surface area contributed by atoms with Crippen molar-refractivity contribution in [3.8, 4) is 17.2 Å². The monoisotopic (exact) mass is 693 g/mol. The molecule has 0 saturated heterocycles. The van der Waals surface area contributed by atoms with Gasteiger partial charge in [-0.05, 0) is 72.7 Å². The first-order chi connectivity index (χ1) is 23.5. The Morgan fingerprint density at radius 2 is 1.47 bits per heavy atom. The number of amides is 3. The summed E-state index contributed by atoms with van der Waals surface area (Å²) >= 11 is 1.13. The molecule has 0 aliphatic rings. The first kappa shape index (κ1) is 36.4. The zero-order valence-corrected chi connectivity index (χ0v) is 27.8. The first-order valence-electron chi connectivity index (χ1n) is 14.9. The van der Waals surface area contributed by atoms with Crippen molar-refractivity contribution in [2.24, 2.45) is 0 Å². The predicted molar refractivity (Wildman–Crippen MR) is 183 cm³/mol. The van der Waals surface area contributed by atoms with Crippen LogP contribution in [0.1, 0.15) is 34.8 Å². The summed E-state index contributed by atoms with van der Waals surface area (Å²) in [5, 5.41) is 7.11. The predicted octanol–water partition coefficient (Wildman–Crippen LogP) is 7.65. The van der Waals surface area contributed by atoms with Crippen LogP contribution in [0.25, 0.3) is 6.08 Å². The number of para-hydroxylation sites is 1. The number of thioether (sulfide) groups is 1. The minimum atomic E-state index is -4.63. The van der Waals surface area contributed by atoms with Gasteiger partial charge in [-0.25, -0.2) is 0 Å². The van der Waals surface area contributed by atoms with Crippen molar-refractivity contribution in [2.45, 2.75) is 29.7 Å². The smallest absolute Gasteiger partial charge is 0.418 e. The van der Waals surface area contributed by atoms with E-state index >= 15 is 0 Å². The molecule has 0 aliphatic carbocycles. The van der Waals surface area contributed by atoms with Gasteiger partial charge in [-0.15, -0.1) is 11.8 Å². The SMILES string of the molecule is CCC(Sc1cccc(NC(=O)/C(=C\c2cc(OC)c(OC)c(OC)c2)NC(=O)c2ccccc2)c1)C(=O)Nc1ccccc1C(F)(F)F. The number of benzene rings is 4. The third-order valence-electron chi connectivity index (χ3n) is 7.05. The van der Waals surface area contributed by atoms with Crippen LogP contribution < -0.4 is 30.2 Å². The molecule has 0 bridgehead atoms. The Hall–Kier alpha value is -5.43. The van der Waals surface area contributed by atoms with Crippen LogP contribution in [0.15, 0.2) is 102 Å². The molecule has 4 rings (SSSR count). The Bertz CT molecular complexity index is 1810. The lowest BCUT2D eigenvalue weighted by Crippen LogP contribution is -2.30. The average molecular weight is 694 g/mol. The fourth-order valence-corrected chi connectivity index (χ4v) is 5.69. The van der Waals surface area contributed by atoms with Gasteiger partial charge in [0.2, 0.25) is 11.7 Å². The molecular formula is C36H34F3N3O6S. The van der Waals surface area contributed by atoms with Crippen LogP contribution in [0.3, 0.4) is 0 Å². The quantitative estimate of drug-likeness (QED) is 0.0974. The maximum absolute atomic E-state index is 13.7. The van der Waals surface area contributed by atoms with E-state index in [-0.39, 0.29) is 11.4 Å². The van der Waals surface area contributed by atoms with Crippen molar-refractivity contribution in [1.82, 2.24) is 5.32 Å². The molecule has 0 aromatic heterocycles. The summed E-state index contributed by atoms with van der Waals surface area (Å²) in [7, 11) is 4.37. The summed E-state index contributed by atoms with van der Waals surface area (Å²) < 4.78 is 56.7. The van der Waals surface area contributed by atoms with Crippen LogP contribution >= 0.6 is 11.8 Å². The molecule has 0 saturated carbocycles. The van der Waals surface area contributed by atoms with E-state index in [1.807, 2.05) is 0 Å². The second-order valence-corrected chi connectivity index (χ2v) is 11.6. The van der Waals surface area contributed by atoms with Crippen molar-refractivity contribution in [3.05, 3.63) is 113 Å². The Balaban J connectivity index is 1.58. The topological polar surface area (TPSA) is 115 Å². The lowest BCUT2D eigenvalue weighted by Gasteiger charge is -2.18. The molecule has 4 aromatic carbocycles. The van der Waals surface area contributed by atoms with E-state index in [2.05, 4.69) is 16.0 Å². The zero-order valence-electron chi connectivity index (χ0n) is 27.0. The van der Waals surface area contributed by atoms with Gasteiger partial charge in [0, 0.05) is 16.1 Å². The maximum Gasteiger partial charge on any atom is 0.418 e. The molecule has 1 atom stereocenters. The molecule has 0 fully saturated rings. The number of alkyl halides is 3. The number of hydrogen-bond donors (Lipinski definition) is 3. The fraction of sp³-hybridized carbons (Fsp3) is 0.194. The van der Waals surface area contributed by atoms with Crippen molar-refractivity contribution in [3.63, 3.8) is 0 Å². The third-order valence-corrected chi connectivity index (χ3v) is 8.41. The van der Waals surface area contributed by atoms with Gasteiger partial charge < -0.3 is 30.2 Å². The number of carbonyl (C=O) groups is 3. The number of anilines is 2. The van der Waals surface area contributed by atoms with Gasteiger partial charge in [-0.2, -0.15) is 13.2 Å². The average Bonchev–Trinajstić information content (AvgIpc) is 3.09. The molecule has 1 unspecified atom stereocenters. The minimum absolute atomic E-state index is 0.102. The molecule has 9 nitrogen and oxygen atoms in total. The molecular weight excluding hydrogens is 659 g/mol. The van der Waals surface area contributed by atoms with E-state index < -0.39 is 34.7 Å². The summed E-state index contributed by atoms with van der Waals surface area (Å²) in [6, 6.07) is 23.0. The van der Waals surface area contributed by atoms with E-state index in [1.165, 1.54) is 45.6 Å². The van der Waals surface area contributed by atoms with E-state index in [0.29, 0.717) is 45.4 Å². The Kier molecular flexibility index (Phi) is 12.3. The molecule has 4 aromatic rings. The van der Waals surface area contributed by atoms with Crippen LogP contribution in [0.2, 0.25) is 0 Å². The molecule has 0 aliphatic heterocycles. The van der Waals surface area contributed by atoms with Gasteiger partial charge in [-0.1, -0.05) is 43.3 Å². The second-order valence-electron chi connectivity index (χ2n) is 10.4. The third kappa shape index (κ3) is 9.57. The Labute approximate surface area is 285 Å². The number of rotatable bonds is 13. The lowest BCUT2D eigenvalue weighted by atomic mass is 10.1. The highest BCUT2D eigenvalue weighted by atomic mass is 32.2. The number of halogens is 3. The van der Waals surface area contributed by atoms with Crippen LogP contribution in [-0.2, 0) is 15.8 Å². The number of methoxy groups -OCH3 is 3. The second kappa shape index (κ2) is 16.6. The van der Waals surface area contributed by atoms with Crippen LogP contribution in [-0.4, -0.2) is 44.3 Å². The van der Waals surface area contributed by atoms with E-state index in [0.717, 1.165) is 17.8 Å². The van der Waals surface area contributed by atoms with Crippen molar-refractivity contribution < 1.29 is 41.8 Å². The molecule has 13 heteroatoms. The first-order valence-corrected chi connectivity index (χ1v) is 15.8. The van der Waals surface area contributed by atoms with E-state index in [4.69, 9.17) is 14.2 Å². The lowest BCUT2D eigenvalue weighted by molar-refractivity contribution is -0.137. The Morgan fingerprint density at radius 1 is 0.816 bits per heavy atom. The van der Waals surface area contributed by atoms with Crippen molar-refractivity contribution in [1.29, 1.82) is 0 Å². The molecule has 3 amide bonds. The summed E-state index contributed by atoms with van der Waals surface area (Å²) in [6.07, 6.45) is -2.87. The number of ether oxygens (including phenoxy) is 3. The van der Waals surface area contributed by atoms with Gasteiger partial charge in [0.15, 0.2) is 11.5 Å². The van der Waals surface area contributed by atoms with Gasteiger partial charge >= 0.3 is 6.18 Å². The maximum atomic E-state index is 13.7. The molecule has 0 heterocycles. The standard InChI is InChI=1S/C36H34F3N3O6S/c1-5-31(35(45)41-27-17-10-9-16-26(27)36(37,38)39)49-25-15-11-14-24(21-25)40-34(44)28(42-33(43)23-12-7-6-8-13-23)18-22-19-29(46-2)32(48-4)30(20-22)47-3/h6-21,31H,5H2,1-4H3,(H,40,44)(H,41,45)(H,42,43)/b28-18+. The molecule has 0 radical (unpaired) electrons. The van der Waals surface area contributed by atoms with Crippen molar-refractivity contribution >= 4 is 46.9 Å². The van der Waals surface area contributed by atoms with Crippen LogP contribution in [0.4, 0.5) is 24.5 Å². The van der Waals surface area contributed by atoms with Crippen LogP contribution in [0.5, 0.6) is 17.2 Å². The number of nitrogens with one attached hydrogen (secondary N) is 3. The molecule has 49 heavy (non-hydrogen) atoms. The zero-order chi connectivity index (χ0) is 35.6. The van der Waals surface area contributed by atoms with E-state index in [1.54, 1.807) is 73.7 Å². The van der Waals surface area contributed by atoms with Gasteiger partial charge in [0.25, 0.3) is 11.8 Å². The van der Waals surface area contributed by atoms with E-state index in [9.17, 15) is 27.6 Å². The highest BCUT2D eigenvalue weighted by Gasteiger charge is 2.34. The molecule has 3 N–H and O–H groups in total. The van der Waals surface area contributed by atoms with Crippen LogP contribution in [0, 0.1) is 0 Å². The summed E-state index contributed by atoms with van der Waals surface area (Å²) in [4.78, 5) is 40.4. The fourth-order valence-electron chi connectivity index (χ4n) is 4.68. The van der Waals surface area contributed by atoms with Crippen molar-refractivity contribution in [2.75, 3.05) is 32.0 Å². The van der Waals surface area contributed by atoms with Gasteiger partial charge in [0.1, 0.15) is 5.70 Å². The Morgan fingerprint density at radius 3 is 2.08 bits per heavy atom. The molecule has 256 valence electrons. The van der Waals surface area contributed by atoms with Gasteiger partial charge in [0.05, 0.1) is 37.8 Å². The normalized spacial score (nSPS) is 12.0. The number of hydrogen-bond acceptors (Lipinski definition) is 7. The van der Waals surface area contributed by atoms with Gasteiger partial charge in [-0.3, -0.25) is 14.4 Å². The summed E-state index contributed by atoms with van der Waals surface area (Å²) in [5.41, 5.74) is -0.244. The largest absolute Gasteiger partial charge is 0.493 e. The summed E-state index contributed by atoms with van der Waals surface area (Å²) in [6.45, 7) is 1.74. The minimum Gasteiger partial charge on any atom is -0.493 e. The highest BCUT2D eigenvalue weighted by Crippen LogP contribution is 2.39. The number of carbonyl (C=O) groups excluding carboxylic acids is 3. The molecule has 0 spiro atoms. The highest BCUT2D eigenvalue weighted by molar-refractivity contribution is 8.00.